The maximum atomic E-state index is 12.8. The Balaban J connectivity index is 1.99. The van der Waals surface area contributed by atoms with E-state index in [-0.39, 0.29) is 25.4 Å². The summed E-state index contributed by atoms with van der Waals surface area (Å²) in [5, 5.41) is 0. The van der Waals surface area contributed by atoms with Crippen LogP contribution in [0.1, 0.15) is 18.4 Å². The zero-order chi connectivity index (χ0) is 17.2. The van der Waals surface area contributed by atoms with E-state index < -0.39 is 12.1 Å². The molecule has 0 radical (unpaired) electrons. The van der Waals surface area contributed by atoms with Crippen molar-refractivity contribution < 1.29 is 18.0 Å². The molecule has 2 rings (SSSR count). The number of likely N-dealkylation sites (tertiary alicyclic amines) is 1. The van der Waals surface area contributed by atoms with Crippen LogP contribution in [0, 0.1) is 12.8 Å². The summed E-state index contributed by atoms with van der Waals surface area (Å²) in [4.78, 5) is 15.4. The minimum absolute atomic E-state index is 0.0750. The van der Waals surface area contributed by atoms with Crippen LogP contribution in [0.5, 0.6) is 0 Å². The van der Waals surface area contributed by atoms with E-state index in [2.05, 4.69) is 15.9 Å². The number of benzene rings is 1. The van der Waals surface area contributed by atoms with Crippen molar-refractivity contribution in [1.82, 2.24) is 4.90 Å². The summed E-state index contributed by atoms with van der Waals surface area (Å²) in [6.45, 7) is 2.20. The monoisotopic (exact) mass is 392 g/mol. The minimum atomic E-state index is -4.23. The van der Waals surface area contributed by atoms with Crippen molar-refractivity contribution in [2.75, 3.05) is 31.6 Å². The lowest BCUT2D eigenvalue weighted by atomic mass is 9.97. The molecule has 7 heteroatoms. The van der Waals surface area contributed by atoms with E-state index in [0.29, 0.717) is 13.0 Å². The molecule has 0 aromatic heterocycles. The van der Waals surface area contributed by atoms with Gasteiger partial charge in [-0.2, -0.15) is 13.2 Å². The Labute approximate surface area is 142 Å². The second kappa shape index (κ2) is 7.11. The third kappa shape index (κ3) is 4.62. The van der Waals surface area contributed by atoms with Crippen LogP contribution in [0.25, 0.3) is 0 Å². The Bertz CT molecular complexity index is 577. The lowest BCUT2D eigenvalue weighted by Crippen LogP contribution is -2.47. The van der Waals surface area contributed by atoms with Gasteiger partial charge in [0.1, 0.15) is 0 Å². The molecule has 0 spiro atoms. The van der Waals surface area contributed by atoms with Gasteiger partial charge in [-0.15, -0.1) is 0 Å². The predicted molar refractivity (Wildman–Crippen MR) is 87.5 cm³/mol. The van der Waals surface area contributed by atoms with Crippen LogP contribution >= 0.6 is 15.9 Å². The van der Waals surface area contributed by atoms with Gasteiger partial charge in [0.15, 0.2) is 0 Å². The molecular weight excluding hydrogens is 373 g/mol. The number of halogens is 4. The molecule has 1 aromatic rings. The Morgan fingerprint density at radius 3 is 2.74 bits per heavy atom. The zero-order valence-electron chi connectivity index (χ0n) is 13.2. The van der Waals surface area contributed by atoms with Gasteiger partial charge in [-0.3, -0.25) is 4.79 Å². The van der Waals surface area contributed by atoms with Gasteiger partial charge in [-0.1, -0.05) is 15.9 Å². The molecule has 1 fully saturated rings. The van der Waals surface area contributed by atoms with Crippen LogP contribution in [0.15, 0.2) is 22.7 Å². The molecule has 1 atom stereocenters. The lowest BCUT2D eigenvalue weighted by Gasteiger charge is -2.34. The highest BCUT2D eigenvalue weighted by Gasteiger charge is 2.42. The quantitative estimate of drug-likeness (QED) is 0.776. The number of rotatable bonds is 3. The second-order valence-electron chi connectivity index (χ2n) is 6.01. The van der Waals surface area contributed by atoms with E-state index in [1.807, 2.05) is 25.1 Å². The smallest absolute Gasteiger partial charge is 0.365 e. The van der Waals surface area contributed by atoms with Crippen molar-refractivity contribution in [3.8, 4) is 0 Å². The molecule has 1 aliphatic heterocycles. The molecule has 128 valence electrons. The summed E-state index contributed by atoms with van der Waals surface area (Å²) < 4.78 is 39.5. The van der Waals surface area contributed by atoms with E-state index in [4.69, 9.17) is 0 Å². The number of amides is 1. The summed E-state index contributed by atoms with van der Waals surface area (Å²) in [7, 11) is 1.77. The van der Waals surface area contributed by atoms with Gasteiger partial charge in [0.25, 0.3) is 0 Å². The van der Waals surface area contributed by atoms with Crippen molar-refractivity contribution in [2.45, 2.75) is 25.9 Å². The highest BCUT2D eigenvalue weighted by molar-refractivity contribution is 9.10. The van der Waals surface area contributed by atoms with Crippen molar-refractivity contribution in [3.63, 3.8) is 0 Å². The van der Waals surface area contributed by atoms with Crippen molar-refractivity contribution in [2.24, 2.45) is 5.92 Å². The first-order valence-electron chi connectivity index (χ1n) is 7.50. The van der Waals surface area contributed by atoms with Gasteiger partial charge < -0.3 is 9.80 Å². The van der Waals surface area contributed by atoms with E-state index in [1.54, 1.807) is 11.9 Å². The average molecular weight is 393 g/mol. The molecule has 0 bridgehead atoms. The van der Waals surface area contributed by atoms with Crippen molar-refractivity contribution >= 4 is 27.5 Å². The first-order chi connectivity index (χ1) is 10.7. The predicted octanol–water partition coefficient (Wildman–Crippen LogP) is 3.99. The van der Waals surface area contributed by atoms with Crippen LogP contribution in [0.3, 0.4) is 0 Å². The number of likely N-dealkylation sites (N-methyl/N-ethyl adjacent to an activating group) is 1. The normalized spacial score (nSPS) is 18.9. The van der Waals surface area contributed by atoms with Crippen molar-refractivity contribution in [1.29, 1.82) is 0 Å². The lowest BCUT2D eigenvalue weighted by molar-refractivity contribution is -0.187. The molecule has 0 N–H and O–H groups in total. The SMILES string of the molecule is Cc1cc(N(C)CC(=O)N2CCCC(C(F)(F)F)C2)ccc1Br. The number of aryl methyl sites for hydroxylation is 1. The fourth-order valence-electron chi connectivity index (χ4n) is 2.73. The number of nitrogens with zero attached hydrogens (tertiary/aromatic N) is 2. The fraction of sp³-hybridized carbons (Fsp3) is 0.562. The zero-order valence-corrected chi connectivity index (χ0v) is 14.7. The Morgan fingerprint density at radius 2 is 2.13 bits per heavy atom. The summed E-state index contributed by atoms with van der Waals surface area (Å²) in [5.74, 6) is -1.66. The van der Waals surface area contributed by atoms with E-state index in [0.717, 1.165) is 15.7 Å². The Hall–Kier alpha value is -1.24. The number of carbonyl (C=O) groups excluding carboxylic acids is 1. The van der Waals surface area contributed by atoms with Gasteiger partial charge in [0.2, 0.25) is 5.91 Å². The number of carbonyl (C=O) groups is 1. The topological polar surface area (TPSA) is 23.6 Å². The maximum Gasteiger partial charge on any atom is 0.393 e. The third-order valence-corrected chi connectivity index (χ3v) is 5.08. The molecule has 1 heterocycles. The molecule has 1 saturated heterocycles. The Morgan fingerprint density at radius 1 is 1.43 bits per heavy atom. The molecule has 23 heavy (non-hydrogen) atoms. The van der Waals surface area contributed by atoms with Gasteiger partial charge >= 0.3 is 6.18 Å². The number of alkyl halides is 3. The molecular formula is C16H20BrF3N2O. The molecule has 0 aliphatic carbocycles. The van der Waals surface area contributed by atoms with Crippen LogP contribution in [0.4, 0.5) is 18.9 Å². The van der Waals surface area contributed by atoms with Gasteiger partial charge in [0.05, 0.1) is 12.5 Å². The van der Waals surface area contributed by atoms with Crippen LogP contribution in [-0.4, -0.2) is 43.7 Å². The Kier molecular flexibility index (Phi) is 5.60. The van der Waals surface area contributed by atoms with E-state index >= 15 is 0 Å². The number of hydrogen-bond donors (Lipinski definition) is 0. The third-order valence-electron chi connectivity index (χ3n) is 4.19. The van der Waals surface area contributed by atoms with Gasteiger partial charge in [-0.05, 0) is 43.5 Å². The summed E-state index contributed by atoms with van der Waals surface area (Å²) in [5.41, 5.74) is 1.90. The van der Waals surface area contributed by atoms with Crippen LogP contribution < -0.4 is 4.90 Å². The molecule has 1 aliphatic rings. The summed E-state index contributed by atoms with van der Waals surface area (Å²) in [6.07, 6.45) is -3.72. The first-order valence-corrected chi connectivity index (χ1v) is 8.29. The summed E-state index contributed by atoms with van der Waals surface area (Å²) >= 11 is 3.42. The molecule has 1 unspecified atom stereocenters. The highest BCUT2D eigenvalue weighted by Crippen LogP contribution is 2.33. The molecule has 1 aromatic carbocycles. The second-order valence-corrected chi connectivity index (χ2v) is 6.86. The van der Waals surface area contributed by atoms with Crippen LogP contribution in [-0.2, 0) is 4.79 Å². The maximum absolute atomic E-state index is 12.8. The van der Waals surface area contributed by atoms with Crippen LogP contribution in [0.2, 0.25) is 0 Å². The highest BCUT2D eigenvalue weighted by atomic mass is 79.9. The van der Waals surface area contributed by atoms with Crippen molar-refractivity contribution in [3.05, 3.63) is 28.2 Å². The first kappa shape index (κ1) is 18.1. The number of piperidine rings is 1. The summed E-state index contributed by atoms with van der Waals surface area (Å²) in [6, 6.07) is 5.71. The van der Waals surface area contributed by atoms with Gasteiger partial charge in [0, 0.05) is 30.3 Å². The van der Waals surface area contributed by atoms with E-state index in [9.17, 15) is 18.0 Å². The minimum Gasteiger partial charge on any atom is -0.365 e. The van der Waals surface area contributed by atoms with Gasteiger partial charge in [-0.25, -0.2) is 0 Å². The average Bonchev–Trinajstić information content (AvgIpc) is 2.49. The largest absolute Gasteiger partial charge is 0.393 e. The van der Waals surface area contributed by atoms with E-state index in [1.165, 1.54) is 4.90 Å². The number of hydrogen-bond acceptors (Lipinski definition) is 2. The fourth-order valence-corrected chi connectivity index (χ4v) is 2.98. The molecule has 3 nitrogen and oxygen atoms in total. The molecule has 1 amide bonds. The number of anilines is 1. The molecule has 0 saturated carbocycles. The standard InChI is InChI=1S/C16H20BrF3N2O/c1-11-8-13(5-6-14(11)17)21(2)10-15(23)22-7-3-4-12(9-22)16(18,19)20/h5-6,8,12H,3-4,7,9-10H2,1-2H3.